The van der Waals surface area contributed by atoms with Crippen molar-refractivity contribution >= 4 is 27.6 Å². The maximum absolute atomic E-state index is 5.42. The van der Waals surface area contributed by atoms with Crippen LogP contribution in [0.15, 0.2) is 35.1 Å². The van der Waals surface area contributed by atoms with E-state index in [4.69, 9.17) is 4.74 Å². The molecule has 0 saturated carbocycles. The van der Waals surface area contributed by atoms with Crippen LogP contribution in [0.2, 0.25) is 0 Å². The Morgan fingerprint density at radius 3 is 2.38 bits per heavy atom. The number of hydrogen-bond donors (Lipinski definition) is 2. The number of halogens is 1. The largest absolute Gasteiger partial charge is 0.490 e. The second-order valence-corrected chi connectivity index (χ2v) is 5.43. The van der Waals surface area contributed by atoms with E-state index in [1.807, 2.05) is 12.1 Å². The molecule has 1 aromatic carbocycles. The summed E-state index contributed by atoms with van der Waals surface area (Å²) >= 11 is 3.43. The van der Waals surface area contributed by atoms with Crippen LogP contribution in [0.1, 0.15) is 18.9 Å². The lowest BCUT2D eigenvalue weighted by Crippen LogP contribution is -2.09. The highest BCUT2D eigenvalue weighted by molar-refractivity contribution is 9.10. The topological polar surface area (TPSA) is 59.1 Å². The number of ether oxygens (including phenoxy) is 1. The van der Waals surface area contributed by atoms with Crippen LogP contribution < -0.4 is 15.4 Å². The van der Waals surface area contributed by atoms with Crippen molar-refractivity contribution in [3.63, 3.8) is 0 Å². The maximum atomic E-state index is 5.42. The summed E-state index contributed by atoms with van der Waals surface area (Å²) in [6, 6.07) is 8.15. The Kier molecular flexibility index (Phi) is 5.80. The third-order valence-corrected chi connectivity index (χ3v) is 3.45. The van der Waals surface area contributed by atoms with Gasteiger partial charge in [-0.3, -0.25) is 0 Å². The molecule has 5 nitrogen and oxygen atoms in total. The predicted octanol–water partition coefficient (Wildman–Crippen LogP) is 3.68. The van der Waals surface area contributed by atoms with E-state index in [2.05, 4.69) is 55.6 Å². The Bertz CT molecular complexity index is 574. The molecule has 0 aliphatic rings. The lowest BCUT2D eigenvalue weighted by Gasteiger charge is -2.14. The number of methoxy groups -OCH3 is 1. The molecule has 1 heterocycles. The first-order valence-electron chi connectivity index (χ1n) is 6.85. The molecule has 0 bridgehead atoms. The number of anilines is 2. The molecule has 2 aromatic rings. The quantitative estimate of drug-likeness (QED) is 0.797. The van der Waals surface area contributed by atoms with Crippen LogP contribution in [0.3, 0.4) is 0 Å². The molecule has 0 atom stereocenters. The van der Waals surface area contributed by atoms with E-state index in [-0.39, 0.29) is 0 Å². The van der Waals surface area contributed by atoms with Gasteiger partial charge in [0.25, 0.3) is 0 Å². The molecule has 0 saturated heterocycles. The van der Waals surface area contributed by atoms with Crippen molar-refractivity contribution in [3.05, 3.63) is 40.6 Å². The molecule has 2 N–H and O–H groups in total. The number of hydrogen-bond acceptors (Lipinski definition) is 5. The van der Waals surface area contributed by atoms with Gasteiger partial charge >= 0.3 is 0 Å². The van der Waals surface area contributed by atoms with Gasteiger partial charge in [-0.15, -0.1) is 0 Å². The number of nitrogens with zero attached hydrogens (tertiary/aromatic N) is 2. The van der Waals surface area contributed by atoms with Gasteiger partial charge < -0.3 is 15.4 Å². The van der Waals surface area contributed by atoms with Crippen molar-refractivity contribution in [2.24, 2.45) is 0 Å². The van der Waals surface area contributed by atoms with Gasteiger partial charge in [-0.25, -0.2) is 9.97 Å². The fraction of sp³-hybridized carbons (Fsp3) is 0.333. The first-order valence-corrected chi connectivity index (χ1v) is 7.65. The Morgan fingerprint density at radius 1 is 1.10 bits per heavy atom. The Morgan fingerprint density at radius 2 is 1.76 bits per heavy atom. The zero-order chi connectivity index (χ0) is 15.1. The molecular weight excluding hydrogens is 332 g/mol. The second kappa shape index (κ2) is 7.83. The highest BCUT2D eigenvalue weighted by Gasteiger charge is 2.11. The van der Waals surface area contributed by atoms with Gasteiger partial charge in [0.05, 0.1) is 7.11 Å². The molecule has 0 aliphatic heterocycles. The molecular formula is C15H19BrN4O. The average molecular weight is 351 g/mol. The summed E-state index contributed by atoms with van der Waals surface area (Å²) in [7, 11) is 1.63. The minimum absolute atomic E-state index is 0.642. The molecule has 0 radical (unpaired) electrons. The third-order valence-electron chi connectivity index (χ3n) is 2.92. The van der Waals surface area contributed by atoms with E-state index in [0.29, 0.717) is 23.9 Å². The van der Waals surface area contributed by atoms with E-state index in [1.165, 1.54) is 11.9 Å². The van der Waals surface area contributed by atoms with Crippen LogP contribution in [0.25, 0.3) is 0 Å². The van der Waals surface area contributed by atoms with Gasteiger partial charge in [0.15, 0.2) is 11.6 Å². The number of rotatable bonds is 7. The summed E-state index contributed by atoms with van der Waals surface area (Å²) in [5, 5.41) is 6.52. The molecule has 6 heteroatoms. The molecule has 0 aliphatic carbocycles. The van der Waals surface area contributed by atoms with Crippen molar-refractivity contribution in [2.45, 2.75) is 19.9 Å². The van der Waals surface area contributed by atoms with Crippen molar-refractivity contribution in [3.8, 4) is 5.75 Å². The summed E-state index contributed by atoms with van der Waals surface area (Å²) < 4.78 is 6.49. The smallest absolute Gasteiger partial charge is 0.204 e. The maximum Gasteiger partial charge on any atom is 0.204 e. The highest BCUT2D eigenvalue weighted by Crippen LogP contribution is 2.29. The van der Waals surface area contributed by atoms with Gasteiger partial charge in [0.1, 0.15) is 6.33 Å². The average Bonchev–Trinajstić information content (AvgIpc) is 2.52. The number of aromatic nitrogens is 2. The first kappa shape index (κ1) is 15.6. The monoisotopic (exact) mass is 350 g/mol. The van der Waals surface area contributed by atoms with E-state index >= 15 is 0 Å². The third kappa shape index (κ3) is 4.32. The number of benzene rings is 1. The molecule has 0 spiro atoms. The normalized spacial score (nSPS) is 10.2. The highest BCUT2D eigenvalue weighted by atomic mass is 79.9. The van der Waals surface area contributed by atoms with Gasteiger partial charge in [-0.1, -0.05) is 35.0 Å². The summed E-state index contributed by atoms with van der Waals surface area (Å²) in [5.41, 5.74) is 1.17. The zero-order valence-corrected chi connectivity index (χ0v) is 13.8. The van der Waals surface area contributed by atoms with E-state index in [1.54, 1.807) is 7.11 Å². The van der Waals surface area contributed by atoms with E-state index in [0.717, 1.165) is 17.4 Å². The van der Waals surface area contributed by atoms with Crippen LogP contribution in [0.4, 0.5) is 11.6 Å². The number of nitrogens with one attached hydrogen (secondary N) is 2. The van der Waals surface area contributed by atoms with Crippen LogP contribution in [0.5, 0.6) is 5.75 Å². The molecule has 21 heavy (non-hydrogen) atoms. The van der Waals surface area contributed by atoms with Crippen molar-refractivity contribution in [1.82, 2.24) is 9.97 Å². The van der Waals surface area contributed by atoms with Crippen molar-refractivity contribution in [1.29, 1.82) is 0 Å². The Hall–Kier alpha value is -1.82. The lowest BCUT2D eigenvalue weighted by molar-refractivity contribution is 0.414. The molecule has 1 aromatic heterocycles. The van der Waals surface area contributed by atoms with E-state index in [9.17, 15) is 0 Å². The standard InChI is InChI=1S/C15H19BrN4O/c1-3-8-17-14-13(21-2)15(20-10-19-14)18-9-11-4-6-12(16)7-5-11/h4-7,10H,3,8-9H2,1-2H3,(H2,17,18,19,20). The summed E-state index contributed by atoms with van der Waals surface area (Å²) in [6.07, 6.45) is 2.55. The molecule has 112 valence electrons. The molecule has 0 amide bonds. The minimum Gasteiger partial charge on any atom is -0.490 e. The fourth-order valence-corrected chi connectivity index (χ4v) is 2.11. The van der Waals surface area contributed by atoms with Crippen molar-refractivity contribution < 1.29 is 4.74 Å². The second-order valence-electron chi connectivity index (χ2n) is 4.51. The van der Waals surface area contributed by atoms with Crippen LogP contribution >= 0.6 is 15.9 Å². The van der Waals surface area contributed by atoms with Crippen LogP contribution in [-0.2, 0) is 6.54 Å². The molecule has 2 rings (SSSR count). The minimum atomic E-state index is 0.642. The van der Waals surface area contributed by atoms with Gasteiger partial charge in [0.2, 0.25) is 5.75 Å². The van der Waals surface area contributed by atoms with E-state index < -0.39 is 0 Å². The van der Waals surface area contributed by atoms with Gasteiger partial charge in [-0.2, -0.15) is 0 Å². The van der Waals surface area contributed by atoms with Crippen LogP contribution in [0, 0.1) is 0 Å². The Balaban J connectivity index is 2.10. The Labute approximate surface area is 133 Å². The van der Waals surface area contributed by atoms with Crippen molar-refractivity contribution in [2.75, 3.05) is 24.3 Å². The molecule has 0 unspecified atom stereocenters. The SMILES string of the molecule is CCCNc1ncnc(NCc2ccc(Br)cc2)c1OC. The first-order chi connectivity index (χ1) is 10.2. The zero-order valence-electron chi connectivity index (χ0n) is 12.2. The van der Waals surface area contributed by atoms with Gasteiger partial charge in [0, 0.05) is 17.6 Å². The van der Waals surface area contributed by atoms with Crippen LogP contribution in [-0.4, -0.2) is 23.6 Å². The summed E-state index contributed by atoms with van der Waals surface area (Å²) in [4.78, 5) is 8.48. The summed E-state index contributed by atoms with van der Waals surface area (Å²) in [6.45, 7) is 3.63. The molecule has 0 fully saturated rings. The van der Waals surface area contributed by atoms with Gasteiger partial charge in [-0.05, 0) is 24.1 Å². The lowest BCUT2D eigenvalue weighted by atomic mass is 10.2. The fourth-order valence-electron chi connectivity index (χ4n) is 1.85. The predicted molar refractivity (Wildman–Crippen MR) is 88.8 cm³/mol. The summed E-state index contributed by atoms with van der Waals surface area (Å²) in [5.74, 6) is 2.05.